The molecule has 15 heteroatoms. The number of nitrogens with zero attached hydrogens (tertiary/aromatic N) is 3. The van der Waals surface area contributed by atoms with Crippen LogP contribution in [0.2, 0.25) is 10.0 Å². The number of urea groups is 1. The molecule has 12 nitrogen and oxygen atoms in total. The van der Waals surface area contributed by atoms with Gasteiger partial charge in [0, 0.05) is 55.1 Å². The second kappa shape index (κ2) is 16.8. The Labute approximate surface area is 321 Å². The van der Waals surface area contributed by atoms with Crippen LogP contribution in [-0.4, -0.2) is 51.7 Å². The van der Waals surface area contributed by atoms with Gasteiger partial charge in [-0.3, -0.25) is 19.5 Å². The summed E-state index contributed by atoms with van der Waals surface area (Å²) >= 11 is 12.6. The molecule has 0 aliphatic rings. The monoisotopic (exact) mass is 778 g/mol. The summed E-state index contributed by atoms with van der Waals surface area (Å²) < 4.78 is 28.4. The molecule has 0 saturated heterocycles. The average Bonchev–Trinajstić information content (AvgIpc) is 3.55. The number of pyridine rings is 1. The van der Waals surface area contributed by atoms with Crippen molar-refractivity contribution in [2.75, 3.05) is 25.6 Å². The number of carbonyl (C=O) groups is 2. The van der Waals surface area contributed by atoms with E-state index in [0.29, 0.717) is 58.4 Å². The van der Waals surface area contributed by atoms with Gasteiger partial charge >= 0.3 is 6.03 Å². The lowest BCUT2D eigenvalue weighted by molar-refractivity contribution is 0.0937. The molecule has 0 fully saturated rings. The number of methoxy groups -OCH3 is 1. The summed E-state index contributed by atoms with van der Waals surface area (Å²) in [5, 5.41) is 23.1. The van der Waals surface area contributed by atoms with E-state index in [-0.39, 0.29) is 46.0 Å². The van der Waals surface area contributed by atoms with Gasteiger partial charge in [-0.05, 0) is 66.9 Å². The van der Waals surface area contributed by atoms with Crippen molar-refractivity contribution >= 4 is 41.0 Å². The van der Waals surface area contributed by atoms with Gasteiger partial charge in [-0.1, -0.05) is 56.1 Å². The topological polar surface area (TPSA) is 149 Å². The first kappa shape index (κ1) is 39.8. The van der Waals surface area contributed by atoms with Gasteiger partial charge in [0.1, 0.15) is 34.8 Å². The molecule has 0 atom stereocenters. The largest absolute Gasteiger partial charge is 0.506 e. The fourth-order valence-electron chi connectivity index (χ4n) is 5.50. The zero-order valence-electron chi connectivity index (χ0n) is 30.6. The number of halogens is 3. The zero-order valence-corrected chi connectivity index (χ0v) is 32.2. The number of aryl methyl sites for hydroxylation is 2. The van der Waals surface area contributed by atoms with E-state index in [1.54, 1.807) is 50.4 Å². The third kappa shape index (κ3) is 9.22. The lowest BCUT2D eigenvalue weighted by Crippen LogP contribution is -2.29. The van der Waals surface area contributed by atoms with Crippen LogP contribution in [0, 0.1) is 19.7 Å². The Bertz CT molecular complexity index is 2270. The highest BCUT2D eigenvalue weighted by Crippen LogP contribution is 2.31. The van der Waals surface area contributed by atoms with Crippen LogP contribution in [0.25, 0.3) is 11.4 Å². The maximum Gasteiger partial charge on any atom is 0.320 e. The fraction of sp³-hybridized carbons (Fsp3) is 0.282. The van der Waals surface area contributed by atoms with Crippen LogP contribution in [-0.2, 0) is 23.3 Å². The summed E-state index contributed by atoms with van der Waals surface area (Å²) in [5.41, 5.74) is 3.30. The summed E-state index contributed by atoms with van der Waals surface area (Å²) in [4.78, 5) is 39.5. The SMILES string of the molecule is COCCNC(=O)c1ccc(C)c(-n2c(C)cc(OCc3ccc(F)cc3CNC(=O)Nc3cc(C(C)(C)C)nn3-c3ccc(Cl)c(O)c3)c(Cl)c2=O)c1. The predicted molar refractivity (Wildman–Crippen MR) is 206 cm³/mol. The molecular weight excluding hydrogens is 738 g/mol. The van der Waals surface area contributed by atoms with Crippen LogP contribution in [0.15, 0.2) is 71.5 Å². The molecule has 0 aliphatic heterocycles. The highest BCUT2D eigenvalue weighted by Gasteiger charge is 2.23. The Morgan fingerprint density at radius 2 is 1.72 bits per heavy atom. The number of phenols is 1. The summed E-state index contributed by atoms with van der Waals surface area (Å²) in [5.74, 6) is -0.538. The van der Waals surface area contributed by atoms with Crippen LogP contribution < -0.4 is 26.2 Å². The van der Waals surface area contributed by atoms with Crippen LogP contribution in [0.4, 0.5) is 15.0 Å². The smallest absolute Gasteiger partial charge is 0.320 e. The van der Waals surface area contributed by atoms with E-state index in [1.807, 2.05) is 27.7 Å². The van der Waals surface area contributed by atoms with Crippen LogP contribution in [0.1, 0.15) is 59.2 Å². The van der Waals surface area contributed by atoms with Crippen molar-refractivity contribution in [1.82, 2.24) is 25.0 Å². The van der Waals surface area contributed by atoms with Crippen molar-refractivity contribution in [3.63, 3.8) is 0 Å². The number of ether oxygens (including phenoxy) is 2. The maximum atomic E-state index is 14.5. The minimum absolute atomic E-state index is 0.0761. The number of carbonyl (C=O) groups excluding carboxylic acids is 2. The molecule has 284 valence electrons. The van der Waals surface area contributed by atoms with Gasteiger partial charge in [0.25, 0.3) is 11.5 Å². The molecule has 3 amide bonds. The summed E-state index contributed by atoms with van der Waals surface area (Å²) in [6.07, 6.45) is 0. The van der Waals surface area contributed by atoms with Gasteiger partial charge in [0.05, 0.1) is 28.7 Å². The molecular formula is C39H41Cl2FN6O6. The van der Waals surface area contributed by atoms with Crippen molar-refractivity contribution < 1.29 is 28.6 Å². The maximum absolute atomic E-state index is 14.5. The number of hydrogen-bond donors (Lipinski definition) is 4. The standard InChI is InChI=1S/C39H41Cl2FN6O6/c1-22-7-8-24(36(50)43-13-14-53-6)17-30(22)47-23(2)15-32(35(41)37(47)51)54-21-25-9-10-27(42)16-26(25)20-44-38(52)45-34-19-33(39(3,4)5)46-48(34)28-11-12-29(40)31(49)18-28/h7-12,15-19,49H,13-14,20-21H2,1-6H3,(H,43,50)(H2,44,45,52). The Morgan fingerprint density at radius 1 is 0.963 bits per heavy atom. The Hall–Kier alpha value is -5.37. The summed E-state index contributed by atoms with van der Waals surface area (Å²) in [6.45, 7) is 9.98. The van der Waals surface area contributed by atoms with Crippen molar-refractivity contribution in [2.45, 2.75) is 53.2 Å². The molecule has 5 aromatic rings. The van der Waals surface area contributed by atoms with Gasteiger partial charge in [-0.15, -0.1) is 0 Å². The van der Waals surface area contributed by atoms with Crippen LogP contribution >= 0.6 is 23.2 Å². The number of nitrogens with one attached hydrogen (secondary N) is 3. The number of anilines is 1. The van der Waals surface area contributed by atoms with E-state index in [0.717, 1.165) is 5.56 Å². The van der Waals surface area contributed by atoms with Crippen molar-refractivity contribution in [2.24, 2.45) is 0 Å². The lowest BCUT2D eigenvalue weighted by Gasteiger charge is -2.18. The molecule has 0 bridgehead atoms. The number of rotatable bonds is 12. The highest BCUT2D eigenvalue weighted by molar-refractivity contribution is 6.32. The van der Waals surface area contributed by atoms with Crippen molar-refractivity contribution in [1.29, 1.82) is 0 Å². The van der Waals surface area contributed by atoms with Crippen LogP contribution in [0.5, 0.6) is 11.5 Å². The van der Waals surface area contributed by atoms with Crippen molar-refractivity contribution in [3.05, 3.63) is 127 Å². The minimum Gasteiger partial charge on any atom is -0.506 e. The first-order chi connectivity index (χ1) is 25.6. The molecule has 0 aliphatic carbocycles. The third-order valence-corrected chi connectivity index (χ3v) is 9.16. The predicted octanol–water partition coefficient (Wildman–Crippen LogP) is 7.37. The molecule has 54 heavy (non-hydrogen) atoms. The average molecular weight is 780 g/mol. The van der Waals surface area contributed by atoms with E-state index < -0.39 is 17.4 Å². The number of aromatic hydroxyl groups is 1. The zero-order chi connectivity index (χ0) is 39.3. The van der Waals surface area contributed by atoms with E-state index in [9.17, 15) is 23.9 Å². The van der Waals surface area contributed by atoms with Crippen molar-refractivity contribution in [3.8, 4) is 22.9 Å². The number of amides is 3. The molecule has 0 radical (unpaired) electrons. The Kier molecular flexibility index (Phi) is 12.4. The van der Waals surface area contributed by atoms with Gasteiger partial charge in [-0.25, -0.2) is 13.9 Å². The molecule has 0 unspecified atom stereocenters. The van der Waals surface area contributed by atoms with Gasteiger partial charge in [0.2, 0.25) is 0 Å². The molecule has 2 aromatic heterocycles. The van der Waals surface area contributed by atoms with Gasteiger partial charge in [0.15, 0.2) is 0 Å². The summed E-state index contributed by atoms with van der Waals surface area (Å²) in [7, 11) is 1.54. The molecule has 5 rings (SSSR count). The second-order valence-corrected chi connectivity index (χ2v) is 14.4. The minimum atomic E-state index is -0.597. The molecule has 0 spiro atoms. The molecule has 0 saturated carbocycles. The number of aromatic nitrogens is 3. The van der Waals surface area contributed by atoms with Gasteiger partial charge < -0.3 is 25.2 Å². The quantitative estimate of drug-likeness (QED) is 0.0968. The normalized spacial score (nSPS) is 11.4. The first-order valence-electron chi connectivity index (χ1n) is 16.9. The third-order valence-electron chi connectivity index (χ3n) is 8.49. The number of phenolic OH excluding ortho intramolecular Hbond substituents is 1. The first-order valence-corrected chi connectivity index (χ1v) is 17.7. The molecule has 3 aromatic carbocycles. The van der Waals surface area contributed by atoms with E-state index >= 15 is 0 Å². The highest BCUT2D eigenvalue weighted by atomic mass is 35.5. The number of hydrogen-bond acceptors (Lipinski definition) is 7. The van der Waals surface area contributed by atoms with Gasteiger partial charge in [-0.2, -0.15) is 5.10 Å². The van der Waals surface area contributed by atoms with E-state index in [4.69, 9.17) is 32.7 Å². The Morgan fingerprint density at radius 3 is 2.43 bits per heavy atom. The van der Waals surface area contributed by atoms with E-state index in [1.165, 1.54) is 39.6 Å². The number of benzene rings is 3. The fourth-order valence-corrected chi connectivity index (χ4v) is 5.81. The molecule has 4 N–H and O–H groups in total. The summed E-state index contributed by atoms with van der Waals surface area (Å²) in [6, 6.07) is 16.5. The second-order valence-electron chi connectivity index (χ2n) is 13.6. The lowest BCUT2D eigenvalue weighted by atomic mass is 9.92. The van der Waals surface area contributed by atoms with Crippen LogP contribution in [0.3, 0.4) is 0 Å². The van der Waals surface area contributed by atoms with E-state index in [2.05, 4.69) is 21.0 Å². The Balaban J connectivity index is 1.32. The molecule has 2 heterocycles.